The van der Waals surface area contributed by atoms with Gasteiger partial charge in [-0.3, -0.25) is 4.79 Å². The summed E-state index contributed by atoms with van der Waals surface area (Å²) in [6, 6.07) is 6.92. The number of carbonyl (C=O) groups excluding carboxylic acids is 1. The van der Waals surface area contributed by atoms with Crippen LogP contribution in [0.2, 0.25) is 0 Å². The van der Waals surface area contributed by atoms with Crippen LogP contribution in [-0.4, -0.2) is 15.9 Å². The van der Waals surface area contributed by atoms with Crippen molar-refractivity contribution in [3.63, 3.8) is 0 Å². The third-order valence-electron chi connectivity index (χ3n) is 3.12. The zero-order chi connectivity index (χ0) is 16.9. The second kappa shape index (κ2) is 6.86. The maximum Gasteiger partial charge on any atom is 0.254 e. The largest absolute Gasteiger partial charge is 0.467 e. The Morgan fingerprint density at radius 2 is 1.79 bits per heavy atom. The van der Waals surface area contributed by atoms with E-state index in [0.717, 1.165) is 12.1 Å². The van der Waals surface area contributed by atoms with Gasteiger partial charge < -0.3 is 15.1 Å². The first-order valence-electron chi connectivity index (χ1n) is 6.97. The molecule has 24 heavy (non-hydrogen) atoms. The smallest absolute Gasteiger partial charge is 0.254 e. The SMILES string of the molecule is O=C(NCc1ccco1)c1cnc(Nc2c(F)cccc2F)nc1. The van der Waals surface area contributed by atoms with Crippen LogP contribution in [0.15, 0.2) is 53.4 Å². The highest BCUT2D eigenvalue weighted by Gasteiger charge is 2.11. The highest BCUT2D eigenvalue weighted by atomic mass is 19.1. The van der Waals surface area contributed by atoms with Gasteiger partial charge in [-0.2, -0.15) is 0 Å². The molecule has 1 amide bonds. The lowest BCUT2D eigenvalue weighted by molar-refractivity contribution is 0.0947. The minimum Gasteiger partial charge on any atom is -0.467 e. The average molecular weight is 330 g/mol. The summed E-state index contributed by atoms with van der Waals surface area (Å²) in [6.45, 7) is 0.228. The van der Waals surface area contributed by atoms with Crippen LogP contribution >= 0.6 is 0 Å². The molecule has 0 spiro atoms. The second-order valence-electron chi connectivity index (χ2n) is 4.78. The predicted molar refractivity (Wildman–Crippen MR) is 81.6 cm³/mol. The van der Waals surface area contributed by atoms with E-state index in [1.54, 1.807) is 12.1 Å². The van der Waals surface area contributed by atoms with Crippen LogP contribution in [0.25, 0.3) is 0 Å². The summed E-state index contributed by atoms with van der Waals surface area (Å²) in [5, 5.41) is 5.08. The lowest BCUT2D eigenvalue weighted by Crippen LogP contribution is -2.23. The maximum atomic E-state index is 13.5. The number of hydrogen-bond donors (Lipinski definition) is 2. The molecule has 0 saturated carbocycles. The lowest BCUT2D eigenvalue weighted by atomic mass is 10.3. The first-order valence-corrected chi connectivity index (χ1v) is 6.97. The summed E-state index contributed by atoms with van der Waals surface area (Å²) in [7, 11) is 0. The number of furan rings is 1. The zero-order valence-electron chi connectivity index (χ0n) is 12.3. The molecule has 0 aliphatic rings. The number of nitrogens with one attached hydrogen (secondary N) is 2. The lowest BCUT2D eigenvalue weighted by Gasteiger charge is -2.07. The number of aromatic nitrogens is 2. The van der Waals surface area contributed by atoms with Gasteiger partial charge in [0.15, 0.2) is 0 Å². The van der Waals surface area contributed by atoms with E-state index in [4.69, 9.17) is 4.42 Å². The number of benzene rings is 1. The van der Waals surface area contributed by atoms with Crippen LogP contribution in [0.4, 0.5) is 20.4 Å². The molecule has 122 valence electrons. The molecule has 2 aromatic heterocycles. The van der Waals surface area contributed by atoms with Crippen molar-refractivity contribution in [3.8, 4) is 0 Å². The van der Waals surface area contributed by atoms with E-state index >= 15 is 0 Å². The van der Waals surface area contributed by atoms with Gasteiger partial charge in [0, 0.05) is 12.4 Å². The van der Waals surface area contributed by atoms with Crippen molar-refractivity contribution in [3.05, 3.63) is 71.9 Å². The Balaban J connectivity index is 1.65. The quantitative estimate of drug-likeness (QED) is 0.752. The topological polar surface area (TPSA) is 80.0 Å². The number of anilines is 2. The van der Waals surface area contributed by atoms with Crippen LogP contribution < -0.4 is 10.6 Å². The summed E-state index contributed by atoms with van der Waals surface area (Å²) in [5.74, 6) is -1.34. The Morgan fingerprint density at radius 1 is 1.08 bits per heavy atom. The Bertz CT molecular complexity index is 816. The number of hydrogen-bond acceptors (Lipinski definition) is 5. The summed E-state index contributed by atoms with van der Waals surface area (Å²) in [6.07, 6.45) is 4.02. The molecule has 0 atom stereocenters. The van der Waals surface area contributed by atoms with Gasteiger partial charge in [-0.25, -0.2) is 18.7 Å². The third kappa shape index (κ3) is 3.54. The molecule has 0 fully saturated rings. The van der Waals surface area contributed by atoms with Gasteiger partial charge in [-0.05, 0) is 24.3 Å². The minimum atomic E-state index is -0.765. The van der Waals surface area contributed by atoms with E-state index in [2.05, 4.69) is 20.6 Å². The van der Waals surface area contributed by atoms with Crippen molar-refractivity contribution in [1.29, 1.82) is 0 Å². The molecule has 3 rings (SSSR count). The molecule has 0 unspecified atom stereocenters. The third-order valence-corrected chi connectivity index (χ3v) is 3.12. The molecular formula is C16H12F2N4O2. The van der Waals surface area contributed by atoms with Gasteiger partial charge in [0.25, 0.3) is 5.91 Å². The normalized spacial score (nSPS) is 10.4. The summed E-state index contributed by atoms with van der Waals surface area (Å²) in [5.41, 5.74) is -0.145. The molecule has 1 aromatic carbocycles. The average Bonchev–Trinajstić information content (AvgIpc) is 3.10. The standard InChI is InChI=1S/C16H12F2N4O2/c17-12-4-1-5-13(18)14(12)22-16-20-7-10(8-21-16)15(23)19-9-11-3-2-6-24-11/h1-8H,9H2,(H,19,23)(H,20,21,22). The Hall–Kier alpha value is -3.29. The minimum absolute atomic E-state index is 0.0263. The van der Waals surface area contributed by atoms with Gasteiger partial charge in [0.2, 0.25) is 5.95 Å². The molecule has 2 N–H and O–H groups in total. The van der Waals surface area contributed by atoms with Crippen molar-refractivity contribution in [2.75, 3.05) is 5.32 Å². The van der Waals surface area contributed by atoms with E-state index in [9.17, 15) is 13.6 Å². The molecule has 8 heteroatoms. The predicted octanol–water partition coefficient (Wildman–Crippen LogP) is 3.02. The van der Waals surface area contributed by atoms with Gasteiger partial charge in [0.1, 0.15) is 23.1 Å². The van der Waals surface area contributed by atoms with Crippen molar-refractivity contribution in [2.24, 2.45) is 0 Å². The van der Waals surface area contributed by atoms with E-state index < -0.39 is 17.5 Å². The molecule has 6 nitrogen and oxygen atoms in total. The maximum absolute atomic E-state index is 13.5. The fourth-order valence-corrected chi connectivity index (χ4v) is 1.92. The molecule has 0 saturated heterocycles. The molecule has 0 bridgehead atoms. The molecule has 3 aromatic rings. The number of nitrogens with zero attached hydrogens (tertiary/aromatic N) is 2. The molecular weight excluding hydrogens is 318 g/mol. The van der Waals surface area contributed by atoms with Gasteiger partial charge in [0.05, 0.1) is 18.4 Å². The van der Waals surface area contributed by atoms with Crippen LogP contribution in [0.5, 0.6) is 0 Å². The van der Waals surface area contributed by atoms with E-state index in [1.807, 2.05) is 0 Å². The Kier molecular flexibility index (Phi) is 4.46. The van der Waals surface area contributed by atoms with Gasteiger partial charge in [-0.15, -0.1) is 0 Å². The van der Waals surface area contributed by atoms with Crippen molar-refractivity contribution in [2.45, 2.75) is 6.54 Å². The summed E-state index contributed by atoms with van der Waals surface area (Å²) >= 11 is 0. The first kappa shape index (κ1) is 15.6. The number of halogens is 2. The second-order valence-corrected chi connectivity index (χ2v) is 4.78. The number of rotatable bonds is 5. The van der Waals surface area contributed by atoms with Crippen molar-refractivity contribution in [1.82, 2.24) is 15.3 Å². The first-order chi connectivity index (χ1) is 11.6. The zero-order valence-corrected chi connectivity index (χ0v) is 12.3. The van der Waals surface area contributed by atoms with Crippen LogP contribution in [0, 0.1) is 11.6 Å². The highest BCUT2D eigenvalue weighted by molar-refractivity contribution is 5.93. The fourth-order valence-electron chi connectivity index (χ4n) is 1.92. The van der Waals surface area contributed by atoms with Gasteiger partial charge in [-0.1, -0.05) is 6.07 Å². The number of amides is 1. The van der Waals surface area contributed by atoms with E-state index in [0.29, 0.717) is 5.76 Å². The fraction of sp³-hybridized carbons (Fsp3) is 0.0625. The summed E-state index contributed by atoms with van der Waals surface area (Å²) < 4.78 is 32.2. The Morgan fingerprint density at radius 3 is 2.42 bits per heavy atom. The highest BCUT2D eigenvalue weighted by Crippen LogP contribution is 2.20. The van der Waals surface area contributed by atoms with Crippen molar-refractivity contribution < 1.29 is 18.0 Å². The molecule has 2 heterocycles. The van der Waals surface area contributed by atoms with Gasteiger partial charge >= 0.3 is 0 Å². The van der Waals surface area contributed by atoms with Crippen LogP contribution in [0.1, 0.15) is 16.1 Å². The summed E-state index contributed by atoms with van der Waals surface area (Å²) in [4.78, 5) is 19.7. The van der Waals surface area contributed by atoms with Crippen LogP contribution in [0.3, 0.4) is 0 Å². The molecule has 0 aliphatic carbocycles. The number of para-hydroxylation sites is 1. The molecule has 0 aliphatic heterocycles. The number of carbonyl (C=O) groups is 1. The van der Waals surface area contributed by atoms with E-state index in [1.165, 1.54) is 24.7 Å². The van der Waals surface area contributed by atoms with E-state index in [-0.39, 0.29) is 23.7 Å². The van der Waals surface area contributed by atoms with Crippen LogP contribution in [-0.2, 0) is 6.54 Å². The van der Waals surface area contributed by atoms with Crippen molar-refractivity contribution >= 4 is 17.5 Å². The Labute approximate surface area is 135 Å². The monoisotopic (exact) mass is 330 g/mol. The molecule has 0 radical (unpaired) electrons.